The molecule has 0 rings (SSSR count). The summed E-state index contributed by atoms with van der Waals surface area (Å²) in [6.07, 6.45) is 0. The van der Waals surface area contributed by atoms with Gasteiger partial charge in [-0.1, -0.05) is 0 Å². The predicted molar refractivity (Wildman–Crippen MR) is 19.4 cm³/mol. The maximum atomic E-state index is 9.59. The first-order valence-electron chi connectivity index (χ1n) is 1.31. The molecule has 0 aliphatic rings. The van der Waals surface area contributed by atoms with Gasteiger partial charge in [-0.05, 0) is 0 Å². The Bertz CT molecular complexity index is 48.2. The second kappa shape index (κ2) is 10.5. The van der Waals surface area contributed by atoms with Crippen molar-refractivity contribution in [1.29, 1.82) is 0 Å². The Balaban J connectivity index is -0.0000000800. The quantitative estimate of drug-likeness (QED) is 0.580. The maximum Gasteiger partial charge on any atom is 0.0794 e. The minimum Gasteiger partial charge on any atom is -0.384 e. The first-order chi connectivity index (χ1) is 2.27. The minimum atomic E-state index is -0.245. The van der Waals surface area contributed by atoms with Crippen molar-refractivity contribution in [2.75, 3.05) is 7.05 Å². The Kier molecular flexibility index (Phi) is 23.8. The van der Waals surface area contributed by atoms with E-state index in [4.69, 9.17) is 0 Å². The smallest absolute Gasteiger partial charge is 0.0794 e. The van der Waals surface area contributed by atoms with Crippen molar-refractivity contribution < 1.29 is 70.2 Å². The summed E-state index contributed by atoms with van der Waals surface area (Å²) in [6.45, 7) is 3.01. The number of nitrogens with one attached hydrogen (secondary N) is 1. The molecule has 2 radical (unpaired) electrons. The molecule has 0 aromatic rings. The summed E-state index contributed by atoms with van der Waals surface area (Å²) in [5.41, 5.74) is 0. The van der Waals surface area contributed by atoms with Gasteiger partial charge in [0, 0.05) is 72.5 Å². The molecule has 0 unspecified atom stereocenters. The van der Waals surface area contributed by atoms with Crippen LogP contribution >= 0.6 is 0 Å². The molecule has 0 aliphatic carbocycles. The summed E-state index contributed by atoms with van der Waals surface area (Å²) in [5, 5.41) is 2.28. The summed E-state index contributed by atoms with van der Waals surface area (Å²) >= 11 is 0. The van der Waals surface area contributed by atoms with E-state index in [0.29, 0.717) is 0 Å². The van der Waals surface area contributed by atoms with Crippen LogP contribution in [-0.2, 0) is 70.2 Å². The van der Waals surface area contributed by atoms with Gasteiger partial charge in [-0.25, -0.2) is 0 Å². The zero-order valence-corrected chi connectivity index (χ0v) is 9.95. The van der Waals surface area contributed by atoms with Crippen molar-refractivity contribution in [2.45, 2.75) is 0 Å². The van der Waals surface area contributed by atoms with Crippen LogP contribution in [0.15, 0.2) is 0 Å². The third-order valence-corrected chi connectivity index (χ3v) is 0.279. The molecule has 4 heteroatoms. The molecular formula is C3H6NOY2-. The van der Waals surface area contributed by atoms with Crippen LogP contribution in [0, 0.1) is 6.92 Å². The van der Waals surface area contributed by atoms with Crippen LogP contribution in [0.2, 0.25) is 0 Å². The van der Waals surface area contributed by atoms with Gasteiger partial charge in [-0.3, -0.25) is 0 Å². The van der Waals surface area contributed by atoms with Gasteiger partial charge >= 0.3 is 0 Å². The van der Waals surface area contributed by atoms with Crippen molar-refractivity contribution in [3.05, 3.63) is 6.92 Å². The molecule has 0 aromatic heterocycles. The van der Waals surface area contributed by atoms with Crippen LogP contribution in [0.3, 0.4) is 0 Å². The van der Waals surface area contributed by atoms with Gasteiger partial charge in [0.05, 0.1) is 5.91 Å². The SMILES string of the molecule is [CH2-]C(=O)NC.[Y].[Y]. The number of hydrogen-bond acceptors (Lipinski definition) is 1. The van der Waals surface area contributed by atoms with Crippen LogP contribution in [0.4, 0.5) is 0 Å². The van der Waals surface area contributed by atoms with Crippen LogP contribution in [0.25, 0.3) is 0 Å². The first-order valence-corrected chi connectivity index (χ1v) is 1.31. The van der Waals surface area contributed by atoms with Crippen molar-refractivity contribution >= 4 is 5.91 Å². The molecule has 0 aromatic carbocycles. The van der Waals surface area contributed by atoms with Gasteiger partial charge < -0.3 is 17.0 Å². The largest absolute Gasteiger partial charge is 0.384 e. The van der Waals surface area contributed by atoms with Crippen molar-refractivity contribution in [3.8, 4) is 0 Å². The average Bonchev–Trinajstić information content (AvgIpc) is 1.38. The van der Waals surface area contributed by atoms with Gasteiger partial charge in [0.1, 0.15) is 0 Å². The van der Waals surface area contributed by atoms with Gasteiger partial charge in [-0.15, -0.1) is 0 Å². The van der Waals surface area contributed by atoms with Gasteiger partial charge in [0.15, 0.2) is 0 Å². The second-order valence-corrected chi connectivity index (χ2v) is 0.673. The molecule has 0 spiro atoms. The van der Waals surface area contributed by atoms with E-state index < -0.39 is 0 Å². The standard InChI is InChI=1S/C3H6NO.2Y/c1-3(5)4-2;;/h1H2,2H3,(H,4,5);;/q-1;;. The Labute approximate surface area is 93.9 Å². The normalized spacial score (nSPS) is 4.71. The number of hydrogen-bond donors (Lipinski definition) is 1. The number of rotatable bonds is 0. The molecule has 2 nitrogen and oxygen atoms in total. The van der Waals surface area contributed by atoms with Crippen LogP contribution in [0.1, 0.15) is 0 Å². The molecule has 0 fully saturated rings. The van der Waals surface area contributed by atoms with Crippen LogP contribution in [0.5, 0.6) is 0 Å². The molecule has 7 heavy (non-hydrogen) atoms. The summed E-state index contributed by atoms with van der Waals surface area (Å²) in [6, 6.07) is 0. The van der Waals surface area contributed by atoms with E-state index in [9.17, 15) is 4.79 Å². The molecule has 0 saturated carbocycles. The van der Waals surface area contributed by atoms with E-state index in [0.717, 1.165) is 0 Å². The summed E-state index contributed by atoms with van der Waals surface area (Å²) in [5.74, 6) is -0.245. The van der Waals surface area contributed by atoms with E-state index >= 15 is 0 Å². The van der Waals surface area contributed by atoms with E-state index in [1.165, 1.54) is 7.05 Å². The van der Waals surface area contributed by atoms with Gasteiger partial charge in [0.25, 0.3) is 0 Å². The molecule has 0 bridgehead atoms. The summed E-state index contributed by atoms with van der Waals surface area (Å²) < 4.78 is 0. The molecule has 1 N–H and O–H groups in total. The van der Waals surface area contributed by atoms with Crippen molar-refractivity contribution in [2.24, 2.45) is 0 Å². The van der Waals surface area contributed by atoms with Crippen LogP contribution < -0.4 is 5.32 Å². The van der Waals surface area contributed by atoms with Gasteiger partial charge in [-0.2, -0.15) is 0 Å². The van der Waals surface area contributed by atoms with Crippen LogP contribution in [-0.4, -0.2) is 13.0 Å². The maximum absolute atomic E-state index is 9.59. The Morgan fingerprint density at radius 3 is 1.71 bits per heavy atom. The molecule has 0 heterocycles. The third kappa shape index (κ3) is 18.5. The predicted octanol–water partition coefficient (Wildman–Crippen LogP) is -0.439. The molecule has 36 valence electrons. The van der Waals surface area contributed by atoms with E-state index in [-0.39, 0.29) is 71.3 Å². The number of carbonyl (C=O) groups is 1. The monoisotopic (exact) mass is 250 g/mol. The van der Waals surface area contributed by atoms with Gasteiger partial charge in [0.2, 0.25) is 0 Å². The van der Waals surface area contributed by atoms with E-state index in [2.05, 4.69) is 12.2 Å². The van der Waals surface area contributed by atoms with E-state index in [1.54, 1.807) is 0 Å². The summed E-state index contributed by atoms with van der Waals surface area (Å²) in [7, 11) is 1.54. The third-order valence-electron chi connectivity index (χ3n) is 0.279. The Morgan fingerprint density at radius 2 is 1.71 bits per heavy atom. The number of amides is 1. The minimum absolute atomic E-state index is 0. The topological polar surface area (TPSA) is 29.1 Å². The number of carbonyl (C=O) groups excluding carboxylic acids is 1. The fourth-order valence-corrected chi connectivity index (χ4v) is 0. The Hall–Kier alpha value is 1.55. The molecular weight excluding hydrogens is 244 g/mol. The summed E-state index contributed by atoms with van der Waals surface area (Å²) in [4.78, 5) is 9.59. The second-order valence-electron chi connectivity index (χ2n) is 0.673. The fraction of sp³-hybridized carbons (Fsp3) is 0.333. The first kappa shape index (κ1) is 15.8. The zero-order valence-electron chi connectivity index (χ0n) is 4.27. The fourth-order valence-electron chi connectivity index (χ4n) is 0. The molecule has 0 aliphatic heterocycles. The molecule has 0 atom stereocenters. The van der Waals surface area contributed by atoms with Crippen molar-refractivity contribution in [3.63, 3.8) is 0 Å². The molecule has 0 saturated heterocycles. The molecule has 1 amide bonds. The van der Waals surface area contributed by atoms with Crippen molar-refractivity contribution in [1.82, 2.24) is 5.32 Å². The Morgan fingerprint density at radius 1 is 1.57 bits per heavy atom. The van der Waals surface area contributed by atoms with E-state index in [1.807, 2.05) is 0 Å². The average molecular weight is 250 g/mol. The zero-order chi connectivity index (χ0) is 4.28.